The normalized spacial score (nSPS) is 13.7. The topological polar surface area (TPSA) is 90.9 Å². The molecule has 0 fully saturated rings. The van der Waals surface area contributed by atoms with Crippen molar-refractivity contribution < 1.29 is 26.6 Å². The number of sulfonamides is 1. The highest BCUT2D eigenvalue weighted by molar-refractivity contribution is 7.90. The number of phosphoric acid groups is 1. The predicted octanol–water partition coefficient (Wildman–Crippen LogP) is 6.15. The lowest BCUT2D eigenvalue weighted by Crippen LogP contribution is -2.33. The molecule has 0 aliphatic carbocycles. The second-order valence-electron chi connectivity index (χ2n) is 7.37. The number of unbranched alkanes of at least 4 members (excludes halogenated alkanes) is 10. The molecule has 9 heteroatoms. The maximum absolute atomic E-state index is 13.0. The number of rotatable bonds is 21. The molecule has 1 unspecified atom stereocenters. The molecule has 0 radical (unpaired) electrons. The average Bonchev–Trinajstić information content (AvgIpc) is 2.66. The first kappa shape index (κ1) is 29.0. The lowest BCUT2D eigenvalue weighted by atomic mass is 10.1. The van der Waals surface area contributed by atoms with Crippen LogP contribution in [0.5, 0.6) is 0 Å². The number of hydrogen-bond acceptors (Lipinski definition) is 6. The fraction of sp³-hybridized carbons (Fsp3) is 1.00. The minimum atomic E-state index is -3.94. The minimum absolute atomic E-state index is 0.230. The van der Waals surface area contributed by atoms with Crippen LogP contribution >= 0.6 is 7.82 Å². The van der Waals surface area contributed by atoms with Crippen molar-refractivity contribution in [3.63, 3.8) is 0 Å². The molecule has 0 aliphatic rings. The summed E-state index contributed by atoms with van der Waals surface area (Å²) in [6, 6.07) is 0. The zero-order chi connectivity index (χ0) is 22.0. The number of phosphoric ester groups is 1. The monoisotopic (exact) mass is 457 g/mol. The van der Waals surface area contributed by atoms with Crippen LogP contribution in [0.4, 0.5) is 0 Å². The van der Waals surface area contributed by atoms with E-state index >= 15 is 0 Å². The molecule has 0 spiro atoms. The first-order valence-electron chi connectivity index (χ1n) is 11.4. The van der Waals surface area contributed by atoms with Gasteiger partial charge in [-0.05, 0) is 19.8 Å². The van der Waals surface area contributed by atoms with Gasteiger partial charge in [-0.15, -0.1) is 0 Å². The summed E-state index contributed by atoms with van der Waals surface area (Å²) in [4.78, 5) is 0. The number of nitrogens with one attached hydrogen (secondary N) is 1. The molecule has 0 amide bonds. The smallest absolute Gasteiger partial charge is 0.287 e. The molecule has 0 heterocycles. The molecule has 0 rings (SSSR count). The van der Waals surface area contributed by atoms with Gasteiger partial charge in [0.15, 0.2) is 5.44 Å². The summed E-state index contributed by atoms with van der Waals surface area (Å²) in [7, 11) is -7.68. The van der Waals surface area contributed by atoms with Gasteiger partial charge in [0.05, 0.1) is 13.2 Å². The van der Waals surface area contributed by atoms with Crippen LogP contribution in [0.2, 0.25) is 0 Å². The third kappa shape index (κ3) is 15.5. The van der Waals surface area contributed by atoms with E-state index in [9.17, 15) is 13.0 Å². The van der Waals surface area contributed by atoms with Crippen LogP contribution in [0.15, 0.2) is 0 Å². The van der Waals surface area contributed by atoms with Gasteiger partial charge in [0.25, 0.3) is 0 Å². The summed E-state index contributed by atoms with van der Waals surface area (Å²) < 4.78 is 55.7. The van der Waals surface area contributed by atoms with Crippen LogP contribution in [0.25, 0.3) is 0 Å². The molecule has 0 aromatic rings. The molecular weight excluding hydrogens is 413 g/mol. The molecule has 0 saturated heterocycles. The first-order chi connectivity index (χ1) is 13.8. The van der Waals surface area contributed by atoms with Crippen molar-refractivity contribution in [1.82, 2.24) is 4.72 Å². The zero-order valence-corrected chi connectivity index (χ0v) is 20.7. The summed E-state index contributed by atoms with van der Waals surface area (Å²) in [6.45, 7) is 8.04. The van der Waals surface area contributed by atoms with Crippen molar-refractivity contribution in [2.24, 2.45) is 0 Å². The molecular formula is C20H44NO6PS. The first-order valence-corrected chi connectivity index (χ1v) is 14.4. The lowest BCUT2D eigenvalue weighted by Gasteiger charge is -2.22. The van der Waals surface area contributed by atoms with Crippen LogP contribution in [-0.4, -0.2) is 33.6 Å². The molecule has 0 aromatic carbocycles. The fourth-order valence-electron chi connectivity index (χ4n) is 2.77. The van der Waals surface area contributed by atoms with Gasteiger partial charge in [0, 0.05) is 6.54 Å². The van der Waals surface area contributed by atoms with Crippen molar-refractivity contribution >= 4 is 17.8 Å². The van der Waals surface area contributed by atoms with Crippen LogP contribution in [-0.2, 0) is 28.2 Å². The second-order valence-corrected chi connectivity index (χ2v) is 11.0. The zero-order valence-electron chi connectivity index (χ0n) is 19.0. The molecule has 0 aliphatic heterocycles. The van der Waals surface area contributed by atoms with Crippen molar-refractivity contribution in [3.05, 3.63) is 0 Å². The Hall–Kier alpha value is 0.0200. The standard InChI is InChI=1S/C20H44NO6PS/c1-5-8-10-12-14-16-18-25-28(22,26-19-17-15-13-11-9-6-2)27-20(4)29(23,24)21-7-3/h20-21H,5-19H2,1-4H3. The summed E-state index contributed by atoms with van der Waals surface area (Å²) in [5.74, 6) is 0. The quantitative estimate of drug-likeness (QED) is 0.164. The van der Waals surface area contributed by atoms with Crippen molar-refractivity contribution in [2.75, 3.05) is 19.8 Å². The average molecular weight is 458 g/mol. The molecule has 7 nitrogen and oxygen atoms in total. The fourth-order valence-corrected chi connectivity index (χ4v) is 5.44. The molecule has 1 atom stereocenters. The maximum Gasteiger partial charge on any atom is 0.476 e. The van der Waals surface area contributed by atoms with E-state index in [0.717, 1.165) is 38.5 Å². The van der Waals surface area contributed by atoms with Gasteiger partial charge < -0.3 is 0 Å². The van der Waals surface area contributed by atoms with E-state index in [1.54, 1.807) is 6.92 Å². The Bertz CT molecular complexity index is 507. The largest absolute Gasteiger partial charge is 0.476 e. The summed E-state index contributed by atoms with van der Waals surface area (Å²) in [5, 5.41) is 0. The third-order valence-corrected chi connectivity index (χ3v) is 7.93. The van der Waals surface area contributed by atoms with E-state index in [-0.39, 0.29) is 19.8 Å². The van der Waals surface area contributed by atoms with E-state index in [1.807, 2.05) is 0 Å². The third-order valence-electron chi connectivity index (χ3n) is 4.55. The van der Waals surface area contributed by atoms with E-state index in [1.165, 1.54) is 45.4 Å². The van der Waals surface area contributed by atoms with Gasteiger partial charge in [0.1, 0.15) is 0 Å². The molecule has 176 valence electrons. The van der Waals surface area contributed by atoms with Crippen LogP contribution in [0.3, 0.4) is 0 Å². The van der Waals surface area contributed by atoms with Crippen molar-refractivity contribution in [1.29, 1.82) is 0 Å². The van der Waals surface area contributed by atoms with Crippen LogP contribution in [0.1, 0.15) is 105 Å². The molecule has 0 saturated carbocycles. The lowest BCUT2D eigenvalue weighted by molar-refractivity contribution is 0.103. The van der Waals surface area contributed by atoms with Gasteiger partial charge in [-0.3, -0.25) is 13.6 Å². The van der Waals surface area contributed by atoms with E-state index in [0.29, 0.717) is 0 Å². The Kier molecular flexibility index (Phi) is 17.7. The Labute approximate surface area is 179 Å². The minimum Gasteiger partial charge on any atom is -0.287 e. The Balaban J connectivity index is 4.54. The van der Waals surface area contributed by atoms with Gasteiger partial charge >= 0.3 is 7.82 Å². The SMILES string of the molecule is CCCCCCCCOP(=O)(OCCCCCCCC)OC(C)S(=O)(=O)NCC. The maximum atomic E-state index is 13.0. The van der Waals surface area contributed by atoms with Gasteiger partial charge in [0.2, 0.25) is 10.0 Å². The van der Waals surface area contributed by atoms with E-state index in [2.05, 4.69) is 18.6 Å². The van der Waals surface area contributed by atoms with E-state index in [4.69, 9.17) is 13.6 Å². The Morgan fingerprint density at radius 1 is 0.759 bits per heavy atom. The molecule has 1 N–H and O–H groups in total. The van der Waals surface area contributed by atoms with E-state index < -0.39 is 23.3 Å². The molecule has 29 heavy (non-hydrogen) atoms. The van der Waals surface area contributed by atoms with Gasteiger partial charge in [-0.1, -0.05) is 85.0 Å². The highest BCUT2D eigenvalue weighted by Gasteiger charge is 2.34. The predicted molar refractivity (Wildman–Crippen MR) is 119 cm³/mol. The van der Waals surface area contributed by atoms with Crippen LogP contribution in [0, 0.1) is 0 Å². The summed E-state index contributed by atoms with van der Waals surface area (Å²) in [5.41, 5.74) is -1.32. The van der Waals surface area contributed by atoms with Crippen molar-refractivity contribution in [2.45, 2.75) is 110 Å². The Morgan fingerprint density at radius 3 is 1.59 bits per heavy atom. The highest BCUT2D eigenvalue weighted by atomic mass is 32.2. The van der Waals surface area contributed by atoms with Gasteiger partial charge in [-0.2, -0.15) is 0 Å². The highest BCUT2D eigenvalue weighted by Crippen LogP contribution is 2.51. The molecule has 0 bridgehead atoms. The second kappa shape index (κ2) is 17.7. The van der Waals surface area contributed by atoms with Crippen LogP contribution < -0.4 is 4.72 Å². The summed E-state index contributed by atoms with van der Waals surface area (Å²) >= 11 is 0. The number of hydrogen-bond donors (Lipinski definition) is 1. The molecule has 0 aromatic heterocycles. The Morgan fingerprint density at radius 2 is 1.17 bits per heavy atom. The van der Waals surface area contributed by atoms with Crippen molar-refractivity contribution in [3.8, 4) is 0 Å². The summed E-state index contributed by atoms with van der Waals surface area (Å²) in [6.07, 6.45) is 12.8. The van der Waals surface area contributed by atoms with Gasteiger partial charge in [-0.25, -0.2) is 17.7 Å².